The maximum atomic E-state index is 13.1. The normalized spacial score (nSPS) is 15.8. The first kappa shape index (κ1) is 29.4. The molecule has 2 bridgehead atoms. The van der Waals surface area contributed by atoms with Crippen LogP contribution in [-0.2, 0) is 13.6 Å². The highest BCUT2D eigenvalue weighted by molar-refractivity contribution is 14.2. The van der Waals surface area contributed by atoms with Crippen molar-refractivity contribution in [1.29, 1.82) is 0 Å². The fourth-order valence-electron chi connectivity index (χ4n) is 4.74. The summed E-state index contributed by atoms with van der Waals surface area (Å²) in [6.07, 6.45) is 5.96. The van der Waals surface area contributed by atoms with Crippen molar-refractivity contribution in [3.05, 3.63) is 45.3 Å². The maximum Gasteiger partial charge on any atom is 0.271 e. The van der Waals surface area contributed by atoms with Crippen molar-refractivity contribution in [3.8, 4) is 17.1 Å². The Morgan fingerprint density at radius 2 is 2.05 bits per heavy atom. The minimum atomic E-state index is -0.268. The van der Waals surface area contributed by atoms with Crippen LogP contribution in [0.4, 0.5) is 0 Å². The molecule has 13 heteroatoms. The third kappa shape index (κ3) is 5.70. The first-order valence-corrected chi connectivity index (χ1v) is 17.2. The molecule has 4 aromatic rings. The molecule has 210 valence electrons. The van der Waals surface area contributed by atoms with Crippen molar-refractivity contribution in [2.45, 2.75) is 47.2 Å². The number of aromatic amines is 1. The summed E-state index contributed by atoms with van der Waals surface area (Å²) in [5, 5.41) is 23.1. The Bertz CT molecular complexity index is 1540. The number of nitrogens with one attached hydrogen (secondary N) is 1. The number of nitrogens with zero attached hydrogens (tertiary/aromatic N) is 7. The van der Waals surface area contributed by atoms with Crippen LogP contribution >= 0.6 is 28.4 Å². The molecule has 0 saturated carbocycles. The highest BCUT2D eigenvalue weighted by Gasteiger charge is 2.23. The van der Waals surface area contributed by atoms with Crippen LogP contribution in [0.1, 0.15) is 56.4 Å². The molecule has 39 heavy (non-hydrogen) atoms. The van der Waals surface area contributed by atoms with E-state index in [-0.39, 0.29) is 18.2 Å². The van der Waals surface area contributed by atoms with Gasteiger partial charge in [-0.3, -0.25) is 24.5 Å². The molecule has 0 saturated heterocycles. The summed E-state index contributed by atoms with van der Waals surface area (Å²) in [4.78, 5) is 20.0. The third-order valence-electron chi connectivity index (χ3n) is 6.75. The number of rotatable bonds is 4. The minimum Gasteiger partial charge on any atom is -0.476 e. The van der Waals surface area contributed by atoms with Crippen molar-refractivity contribution in [3.63, 3.8) is 0 Å². The van der Waals surface area contributed by atoms with Gasteiger partial charge in [-0.05, 0) is 60.7 Å². The number of likely N-dealkylation sites (N-methyl/N-ethyl adjacent to an activating group) is 1. The Kier molecular flexibility index (Phi) is 9.63. The lowest BCUT2D eigenvalue weighted by molar-refractivity contribution is 0.189. The van der Waals surface area contributed by atoms with E-state index in [0.717, 1.165) is 45.8 Å². The summed E-state index contributed by atoms with van der Waals surface area (Å²) < 4.78 is 11.8. The largest absolute Gasteiger partial charge is 0.476 e. The summed E-state index contributed by atoms with van der Waals surface area (Å²) in [5.74, 6) is 0.670. The number of aliphatic hydroxyl groups is 1. The molecule has 0 radical (unpaired) electrons. The van der Waals surface area contributed by atoms with Crippen molar-refractivity contribution >= 4 is 51.5 Å². The van der Waals surface area contributed by atoms with Gasteiger partial charge in [0.25, 0.3) is 5.56 Å². The summed E-state index contributed by atoms with van der Waals surface area (Å²) >= 11 is 2.30. The lowest BCUT2D eigenvalue weighted by Crippen LogP contribution is -2.30. The van der Waals surface area contributed by atoms with E-state index in [9.17, 15) is 9.90 Å². The molecule has 0 aromatic carbocycles. The van der Waals surface area contributed by atoms with E-state index in [0.29, 0.717) is 37.5 Å². The monoisotopic (exact) mass is 666 g/mol. The molecule has 2 unspecified atom stereocenters. The van der Waals surface area contributed by atoms with Crippen molar-refractivity contribution < 1.29 is 9.84 Å². The molecule has 5 rings (SSSR count). The van der Waals surface area contributed by atoms with Crippen molar-refractivity contribution in [2.24, 2.45) is 7.05 Å². The van der Waals surface area contributed by atoms with Gasteiger partial charge in [0.2, 0.25) is 5.88 Å². The molecule has 1 aliphatic heterocycles. The molecule has 4 aromatic heterocycles. The average Bonchev–Trinajstić information content (AvgIpc) is 3.56. The number of aryl methyl sites for hydroxylation is 2. The van der Waals surface area contributed by atoms with Crippen LogP contribution in [-0.4, -0.2) is 70.4 Å². The number of halogens is 1. The van der Waals surface area contributed by atoms with Crippen molar-refractivity contribution in [1.82, 2.24) is 39.0 Å². The molecule has 2 atom stereocenters. The zero-order valence-electron chi connectivity index (χ0n) is 23.2. The van der Waals surface area contributed by atoms with Gasteiger partial charge in [-0.25, -0.2) is 9.13 Å². The molecule has 0 spiro atoms. The Morgan fingerprint density at radius 1 is 1.28 bits per heavy atom. The Hall–Kier alpha value is -2.54. The second-order valence-electron chi connectivity index (χ2n) is 9.11. The van der Waals surface area contributed by atoms with Crippen molar-refractivity contribution in [2.75, 3.05) is 26.3 Å². The van der Waals surface area contributed by atoms with E-state index in [2.05, 4.69) is 44.1 Å². The van der Waals surface area contributed by atoms with Crippen LogP contribution in [0, 0.1) is 6.92 Å². The predicted octanol–water partition coefficient (Wildman–Crippen LogP) is 4.39. The van der Waals surface area contributed by atoms with Crippen LogP contribution in [0.15, 0.2) is 17.1 Å². The smallest absolute Gasteiger partial charge is 0.271 e. The highest BCUT2D eigenvalue weighted by atomic mass is 127. The topological polar surface area (TPSA) is 119 Å². The number of fused-ring (bicyclic) bond motifs is 4. The molecular formula is C26H36IN8O3P. The van der Waals surface area contributed by atoms with E-state index < -0.39 is 0 Å². The summed E-state index contributed by atoms with van der Waals surface area (Å²) in [5.41, 5.74) is 5.33. The molecule has 2 N–H and O–H groups in total. The van der Waals surface area contributed by atoms with Crippen LogP contribution < -0.4 is 10.3 Å². The Labute approximate surface area is 242 Å². The summed E-state index contributed by atoms with van der Waals surface area (Å²) in [7, 11) is 1.88. The summed E-state index contributed by atoms with van der Waals surface area (Å²) in [6, 6.07) is 1.75. The van der Waals surface area contributed by atoms with Crippen LogP contribution in [0.3, 0.4) is 0 Å². The highest BCUT2D eigenvalue weighted by Crippen LogP contribution is 2.36. The predicted molar refractivity (Wildman–Crippen MR) is 166 cm³/mol. The maximum absolute atomic E-state index is 13.1. The fourth-order valence-corrected chi connectivity index (χ4v) is 6.26. The number of aliphatic hydroxyl groups excluding tert-OH is 1. The van der Waals surface area contributed by atoms with E-state index >= 15 is 0 Å². The van der Waals surface area contributed by atoms with Crippen LogP contribution in [0.2, 0.25) is 0 Å². The van der Waals surface area contributed by atoms with Gasteiger partial charge in [0.05, 0.1) is 64.6 Å². The van der Waals surface area contributed by atoms with Gasteiger partial charge in [-0.1, -0.05) is 20.8 Å². The van der Waals surface area contributed by atoms with Crippen LogP contribution in [0.25, 0.3) is 34.3 Å². The second kappa shape index (κ2) is 12.8. The SMILES string of the molecule is CC.CCN1CCOc2c(c(C)nn2C)-c2cc3c(nn(PI)c3cn2)/C=C/c2c(n(C(C)CO)[nH]c2=O)C1. The lowest BCUT2D eigenvalue weighted by atomic mass is 10.1. The number of H-pyrrole nitrogens is 1. The van der Waals surface area contributed by atoms with Gasteiger partial charge >= 0.3 is 0 Å². The molecular weight excluding hydrogens is 630 g/mol. The van der Waals surface area contributed by atoms with Gasteiger partial charge < -0.3 is 9.84 Å². The number of ether oxygens (including phenoxy) is 1. The number of hydrogen-bond donors (Lipinski definition) is 2. The number of aromatic nitrogens is 7. The molecule has 11 nitrogen and oxygen atoms in total. The molecule has 0 fully saturated rings. The zero-order chi connectivity index (χ0) is 28.3. The average molecular weight is 667 g/mol. The molecule has 0 aliphatic carbocycles. The van der Waals surface area contributed by atoms with Crippen LogP contribution in [0.5, 0.6) is 5.88 Å². The van der Waals surface area contributed by atoms with E-state index in [1.807, 2.05) is 63.6 Å². The van der Waals surface area contributed by atoms with Gasteiger partial charge in [0, 0.05) is 25.5 Å². The summed E-state index contributed by atoms with van der Waals surface area (Å²) in [6.45, 7) is 12.2. The lowest BCUT2D eigenvalue weighted by Gasteiger charge is -2.23. The molecule has 0 amide bonds. The third-order valence-corrected chi connectivity index (χ3v) is 8.62. The van der Waals surface area contributed by atoms with Gasteiger partial charge in [0.15, 0.2) is 0 Å². The van der Waals surface area contributed by atoms with E-state index in [1.54, 1.807) is 9.36 Å². The molecule has 5 heterocycles. The first-order chi connectivity index (χ1) is 18.9. The number of hydrogen-bond acceptors (Lipinski definition) is 7. The van der Waals surface area contributed by atoms with E-state index in [1.165, 1.54) is 0 Å². The fraction of sp³-hybridized carbons (Fsp3) is 0.462. The van der Waals surface area contributed by atoms with Gasteiger partial charge in [-0.15, -0.1) is 0 Å². The first-order valence-electron chi connectivity index (χ1n) is 13.1. The van der Waals surface area contributed by atoms with Gasteiger partial charge in [0.1, 0.15) is 6.61 Å². The Balaban J connectivity index is 0.00000172. The standard InChI is InChI=1S/C24H30IN8O3P.C2H6/c1-5-31-8-9-36-24-22(15(3)27-30(24)4)19-10-17-18(28-33(37-25)20(17)11-26-19)7-6-16-21(12-31)32(14(2)13-34)29-23(16)35;1-2/h6-7,10-11,14,34,37H,5,8-9,12-13H2,1-4H3,(H,29,35);1-2H3/b7-6+;. The minimum absolute atomic E-state index is 0.0833. The quantitative estimate of drug-likeness (QED) is 0.245. The zero-order valence-corrected chi connectivity index (χ0v) is 26.4. The molecule has 1 aliphatic rings. The van der Waals surface area contributed by atoms with E-state index in [4.69, 9.17) is 14.8 Å². The Morgan fingerprint density at radius 3 is 2.74 bits per heavy atom. The second-order valence-corrected chi connectivity index (χ2v) is 11.2. The number of pyridine rings is 1. The van der Waals surface area contributed by atoms with Gasteiger partial charge in [-0.2, -0.15) is 10.2 Å².